The molecule has 0 unspecified atom stereocenters. The van der Waals surface area contributed by atoms with Crippen LogP contribution in [0.15, 0.2) is 48.5 Å². The average molecular weight is 295 g/mol. The second-order valence-corrected chi connectivity index (χ2v) is 6.00. The summed E-state index contributed by atoms with van der Waals surface area (Å²) in [6, 6.07) is 17.0. The number of hydrogen-bond acceptors (Lipinski definition) is 3. The van der Waals surface area contributed by atoms with Crippen molar-refractivity contribution in [2.24, 2.45) is 0 Å². The van der Waals surface area contributed by atoms with Gasteiger partial charge in [-0.1, -0.05) is 24.3 Å². The summed E-state index contributed by atoms with van der Waals surface area (Å²) in [6.45, 7) is 5.42. The number of aryl methyl sites for hydroxylation is 1. The van der Waals surface area contributed by atoms with Crippen LogP contribution in [-0.4, -0.2) is 13.1 Å². The highest BCUT2D eigenvalue weighted by Crippen LogP contribution is 2.22. The number of hydrogen-bond donors (Lipinski definition) is 2. The number of piperidine rings is 1. The van der Waals surface area contributed by atoms with E-state index in [2.05, 4.69) is 53.0 Å². The van der Waals surface area contributed by atoms with E-state index in [0.29, 0.717) is 0 Å². The average Bonchev–Trinajstić information content (AvgIpc) is 2.58. The van der Waals surface area contributed by atoms with Crippen molar-refractivity contribution < 1.29 is 0 Å². The molecule has 1 aliphatic rings. The van der Waals surface area contributed by atoms with Crippen molar-refractivity contribution >= 4 is 11.4 Å². The SMILES string of the molecule is Cc1cc(N2CCCCC2)ccc1CNNc1ccccc1. The lowest BCUT2D eigenvalue weighted by Gasteiger charge is -2.29. The van der Waals surface area contributed by atoms with E-state index >= 15 is 0 Å². The van der Waals surface area contributed by atoms with Crippen molar-refractivity contribution in [1.82, 2.24) is 5.43 Å². The Morgan fingerprint density at radius 2 is 1.73 bits per heavy atom. The van der Waals surface area contributed by atoms with Gasteiger partial charge in [-0.15, -0.1) is 0 Å². The van der Waals surface area contributed by atoms with Crippen LogP contribution >= 0.6 is 0 Å². The molecule has 1 aliphatic heterocycles. The van der Waals surface area contributed by atoms with Crippen LogP contribution in [-0.2, 0) is 6.54 Å². The summed E-state index contributed by atoms with van der Waals surface area (Å²) in [4.78, 5) is 2.51. The number of nitrogens with zero attached hydrogens (tertiary/aromatic N) is 1. The second kappa shape index (κ2) is 7.32. The topological polar surface area (TPSA) is 27.3 Å². The molecule has 22 heavy (non-hydrogen) atoms. The molecule has 0 spiro atoms. The van der Waals surface area contributed by atoms with Gasteiger partial charge in [0.05, 0.1) is 0 Å². The number of nitrogens with one attached hydrogen (secondary N) is 2. The Labute approximate surface area is 133 Å². The molecule has 2 aromatic carbocycles. The molecule has 0 aliphatic carbocycles. The van der Waals surface area contributed by atoms with Gasteiger partial charge in [-0.25, -0.2) is 5.43 Å². The minimum absolute atomic E-state index is 0.820. The van der Waals surface area contributed by atoms with Gasteiger partial charge in [-0.05, 0) is 61.6 Å². The molecule has 0 radical (unpaired) electrons. The molecule has 1 fully saturated rings. The third-order valence-electron chi connectivity index (χ3n) is 4.33. The first-order valence-corrected chi connectivity index (χ1v) is 8.21. The van der Waals surface area contributed by atoms with Crippen molar-refractivity contribution in [1.29, 1.82) is 0 Å². The zero-order valence-corrected chi connectivity index (χ0v) is 13.3. The van der Waals surface area contributed by atoms with Gasteiger partial charge in [0.25, 0.3) is 0 Å². The fourth-order valence-electron chi connectivity index (χ4n) is 2.99. The van der Waals surface area contributed by atoms with Crippen LogP contribution < -0.4 is 15.8 Å². The van der Waals surface area contributed by atoms with Gasteiger partial charge < -0.3 is 10.3 Å². The molecular formula is C19H25N3. The molecule has 2 aromatic rings. The molecule has 0 bridgehead atoms. The summed E-state index contributed by atoms with van der Waals surface area (Å²) >= 11 is 0. The van der Waals surface area contributed by atoms with Crippen LogP contribution in [0.5, 0.6) is 0 Å². The highest BCUT2D eigenvalue weighted by Gasteiger charge is 2.11. The van der Waals surface area contributed by atoms with Gasteiger partial charge in [-0.2, -0.15) is 0 Å². The smallest absolute Gasteiger partial charge is 0.0487 e. The Bertz CT molecular complexity index is 589. The molecular weight excluding hydrogens is 270 g/mol. The van der Waals surface area contributed by atoms with Crippen molar-refractivity contribution in [3.8, 4) is 0 Å². The zero-order valence-electron chi connectivity index (χ0n) is 13.3. The maximum absolute atomic E-state index is 3.29. The van der Waals surface area contributed by atoms with Crippen LogP contribution in [0.1, 0.15) is 30.4 Å². The predicted octanol–water partition coefficient (Wildman–Crippen LogP) is 4.10. The minimum atomic E-state index is 0.820. The summed E-state index contributed by atoms with van der Waals surface area (Å²) in [7, 11) is 0. The molecule has 0 atom stereocenters. The molecule has 2 N–H and O–H groups in total. The number of rotatable bonds is 5. The van der Waals surface area contributed by atoms with Crippen LogP contribution in [0.2, 0.25) is 0 Å². The molecule has 0 amide bonds. The molecule has 3 rings (SSSR count). The Kier molecular flexibility index (Phi) is 4.96. The van der Waals surface area contributed by atoms with E-state index in [1.54, 1.807) is 0 Å². The lowest BCUT2D eigenvalue weighted by Crippen LogP contribution is -2.29. The molecule has 1 saturated heterocycles. The Hall–Kier alpha value is -2.00. The van der Waals surface area contributed by atoms with Crippen molar-refractivity contribution in [3.05, 3.63) is 59.7 Å². The quantitative estimate of drug-likeness (QED) is 0.813. The predicted molar refractivity (Wildman–Crippen MR) is 94.1 cm³/mol. The number of para-hydroxylation sites is 1. The maximum atomic E-state index is 3.29. The fraction of sp³-hybridized carbons (Fsp3) is 0.368. The maximum Gasteiger partial charge on any atom is 0.0487 e. The van der Waals surface area contributed by atoms with Gasteiger partial charge in [0.1, 0.15) is 0 Å². The van der Waals surface area contributed by atoms with Crippen molar-refractivity contribution in [3.63, 3.8) is 0 Å². The van der Waals surface area contributed by atoms with E-state index < -0.39 is 0 Å². The molecule has 3 heteroatoms. The lowest BCUT2D eigenvalue weighted by atomic mass is 10.1. The Morgan fingerprint density at radius 3 is 2.45 bits per heavy atom. The van der Waals surface area contributed by atoms with E-state index in [0.717, 1.165) is 12.2 Å². The first-order valence-electron chi connectivity index (χ1n) is 8.21. The third kappa shape index (κ3) is 3.80. The van der Waals surface area contributed by atoms with E-state index in [4.69, 9.17) is 0 Å². The second-order valence-electron chi connectivity index (χ2n) is 6.00. The Balaban J connectivity index is 1.57. The van der Waals surface area contributed by atoms with Crippen molar-refractivity contribution in [2.75, 3.05) is 23.4 Å². The summed E-state index contributed by atoms with van der Waals surface area (Å²) in [5, 5.41) is 0. The lowest BCUT2D eigenvalue weighted by molar-refractivity contribution is 0.577. The zero-order chi connectivity index (χ0) is 15.2. The first kappa shape index (κ1) is 14.9. The molecule has 116 valence electrons. The van der Waals surface area contributed by atoms with Gasteiger partial charge in [0, 0.05) is 31.0 Å². The van der Waals surface area contributed by atoms with Crippen LogP contribution in [0.25, 0.3) is 0 Å². The van der Waals surface area contributed by atoms with Crippen LogP contribution in [0.3, 0.4) is 0 Å². The summed E-state index contributed by atoms with van der Waals surface area (Å²) in [6.07, 6.45) is 4.02. The highest BCUT2D eigenvalue weighted by molar-refractivity contribution is 5.51. The molecule has 1 heterocycles. The highest BCUT2D eigenvalue weighted by atomic mass is 15.3. The van der Waals surface area contributed by atoms with Crippen LogP contribution in [0, 0.1) is 6.92 Å². The molecule has 0 saturated carbocycles. The number of hydrazine groups is 1. The summed E-state index contributed by atoms with van der Waals surface area (Å²) < 4.78 is 0. The Morgan fingerprint density at radius 1 is 0.955 bits per heavy atom. The first-order chi connectivity index (χ1) is 10.8. The van der Waals surface area contributed by atoms with E-state index in [9.17, 15) is 0 Å². The van der Waals surface area contributed by atoms with Crippen molar-refractivity contribution in [2.45, 2.75) is 32.7 Å². The summed E-state index contributed by atoms with van der Waals surface area (Å²) in [5.41, 5.74) is 11.7. The van der Waals surface area contributed by atoms with Crippen LogP contribution in [0.4, 0.5) is 11.4 Å². The third-order valence-corrected chi connectivity index (χ3v) is 4.33. The number of anilines is 2. The van der Waals surface area contributed by atoms with Gasteiger partial charge >= 0.3 is 0 Å². The summed E-state index contributed by atoms with van der Waals surface area (Å²) in [5.74, 6) is 0. The normalized spacial score (nSPS) is 14.9. The molecule has 3 nitrogen and oxygen atoms in total. The van der Waals surface area contributed by atoms with E-state index in [-0.39, 0.29) is 0 Å². The van der Waals surface area contributed by atoms with Gasteiger partial charge in [0.2, 0.25) is 0 Å². The monoisotopic (exact) mass is 295 g/mol. The fourth-order valence-corrected chi connectivity index (χ4v) is 2.99. The standard InChI is InChI=1S/C19H25N3/c1-16-14-19(22-12-6-3-7-13-22)11-10-17(16)15-20-21-18-8-4-2-5-9-18/h2,4-5,8-11,14,20-21H,3,6-7,12-13,15H2,1H3. The van der Waals surface area contributed by atoms with E-state index in [1.807, 2.05) is 18.2 Å². The van der Waals surface area contributed by atoms with Gasteiger partial charge in [-0.3, -0.25) is 0 Å². The number of benzene rings is 2. The molecule has 0 aromatic heterocycles. The largest absolute Gasteiger partial charge is 0.372 e. The minimum Gasteiger partial charge on any atom is -0.372 e. The van der Waals surface area contributed by atoms with E-state index in [1.165, 1.54) is 49.2 Å². The van der Waals surface area contributed by atoms with Gasteiger partial charge in [0.15, 0.2) is 0 Å².